The number of ether oxygens (including phenoxy) is 6. The third-order valence-corrected chi connectivity index (χ3v) is 5.16. The first-order valence-corrected chi connectivity index (χ1v) is 9.76. The van der Waals surface area contributed by atoms with Crippen molar-refractivity contribution in [1.82, 2.24) is 0 Å². The molecule has 2 aromatic carbocycles. The molecule has 2 N–H and O–H groups in total. The van der Waals surface area contributed by atoms with Gasteiger partial charge in [-0.1, -0.05) is 11.2 Å². The second-order valence-corrected chi connectivity index (χ2v) is 6.89. The molecule has 0 aromatic heterocycles. The normalized spacial score (nSPS) is 16.9. The molecule has 0 heterocycles. The zero-order valence-electron chi connectivity index (χ0n) is 18.7. The Morgan fingerprint density at radius 2 is 1.47 bits per heavy atom. The summed E-state index contributed by atoms with van der Waals surface area (Å²) in [6.45, 7) is 0.0322. The third-order valence-electron chi connectivity index (χ3n) is 5.16. The lowest BCUT2D eigenvalue weighted by molar-refractivity contribution is 0.0491. The number of aliphatic hydroxyl groups excluding tert-OH is 1. The Labute approximate surface area is 186 Å². The lowest BCUT2D eigenvalue weighted by atomic mass is 9.94. The number of rotatable bonds is 9. The molecular weight excluding hydrogens is 418 g/mol. The Kier molecular flexibility index (Phi) is 7.45. The van der Waals surface area contributed by atoms with Crippen LogP contribution in [0.25, 0.3) is 11.1 Å². The van der Waals surface area contributed by atoms with Gasteiger partial charge in [0, 0.05) is 19.1 Å². The molecule has 0 spiro atoms. The van der Waals surface area contributed by atoms with E-state index in [0.717, 1.165) is 0 Å². The molecule has 0 bridgehead atoms. The number of oxime groups is 1. The van der Waals surface area contributed by atoms with Crippen molar-refractivity contribution in [2.75, 3.05) is 42.3 Å². The lowest BCUT2D eigenvalue weighted by Gasteiger charge is -2.17. The van der Waals surface area contributed by atoms with Crippen molar-refractivity contribution < 1.29 is 38.7 Å². The molecule has 1 atom stereocenters. The van der Waals surface area contributed by atoms with Gasteiger partial charge in [0.15, 0.2) is 29.8 Å². The van der Waals surface area contributed by atoms with Crippen LogP contribution in [0.2, 0.25) is 0 Å². The van der Waals surface area contributed by atoms with E-state index in [1.54, 1.807) is 30.3 Å². The number of hydrogen-bond acceptors (Lipinski definition) is 9. The van der Waals surface area contributed by atoms with E-state index in [9.17, 15) is 10.3 Å². The second kappa shape index (κ2) is 10.3. The molecule has 9 heteroatoms. The van der Waals surface area contributed by atoms with E-state index < -0.39 is 6.10 Å². The van der Waals surface area contributed by atoms with E-state index in [1.165, 1.54) is 35.5 Å². The molecule has 2 aromatic rings. The summed E-state index contributed by atoms with van der Waals surface area (Å²) < 4.78 is 32.3. The fraction of sp³-hybridized carbons (Fsp3) is 0.348. The average Bonchev–Trinajstić information content (AvgIpc) is 3.17. The summed E-state index contributed by atoms with van der Waals surface area (Å²) in [7, 11) is 7.61. The van der Waals surface area contributed by atoms with Gasteiger partial charge in [-0.2, -0.15) is 0 Å². The molecule has 1 aliphatic carbocycles. The fourth-order valence-electron chi connectivity index (χ4n) is 3.76. The van der Waals surface area contributed by atoms with Gasteiger partial charge in [-0.3, -0.25) is 0 Å². The number of nitrogens with zero attached hydrogens (tertiary/aromatic N) is 1. The van der Waals surface area contributed by atoms with Crippen LogP contribution in [0, 0.1) is 0 Å². The van der Waals surface area contributed by atoms with Crippen molar-refractivity contribution in [3.63, 3.8) is 0 Å². The molecule has 1 unspecified atom stereocenters. The molecule has 32 heavy (non-hydrogen) atoms. The highest BCUT2D eigenvalue weighted by Gasteiger charge is 2.33. The Morgan fingerprint density at radius 3 is 2.00 bits per heavy atom. The second-order valence-electron chi connectivity index (χ2n) is 6.89. The number of benzene rings is 2. The topological polar surface area (TPSA) is 108 Å². The van der Waals surface area contributed by atoms with E-state index in [0.29, 0.717) is 56.7 Å². The van der Waals surface area contributed by atoms with Crippen molar-refractivity contribution in [2.45, 2.75) is 12.5 Å². The van der Waals surface area contributed by atoms with Crippen LogP contribution in [-0.2, 0) is 4.74 Å². The summed E-state index contributed by atoms with van der Waals surface area (Å²) in [5, 5.41) is 24.0. The Morgan fingerprint density at radius 1 is 0.844 bits per heavy atom. The van der Waals surface area contributed by atoms with Crippen molar-refractivity contribution >= 4 is 16.9 Å². The van der Waals surface area contributed by atoms with Crippen LogP contribution in [0.15, 0.2) is 35.5 Å². The monoisotopic (exact) mass is 445 g/mol. The maximum absolute atomic E-state index is 10.9. The van der Waals surface area contributed by atoms with Crippen LogP contribution in [-0.4, -0.2) is 64.5 Å². The Hall–Kier alpha value is -3.43. The van der Waals surface area contributed by atoms with E-state index in [-0.39, 0.29) is 13.2 Å². The average molecular weight is 445 g/mol. The third kappa shape index (κ3) is 4.30. The highest BCUT2D eigenvalue weighted by atomic mass is 16.7. The highest BCUT2D eigenvalue weighted by Crippen LogP contribution is 2.45. The molecule has 0 fully saturated rings. The minimum absolute atomic E-state index is 0.0322. The molecule has 1 aliphatic rings. The minimum Gasteiger partial charge on any atom is -0.493 e. The predicted molar refractivity (Wildman–Crippen MR) is 118 cm³/mol. The number of hydrogen-bond donors (Lipinski definition) is 2. The summed E-state index contributed by atoms with van der Waals surface area (Å²) in [6.07, 6.45) is -0.767. The Balaban J connectivity index is 2.25. The Bertz CT molecular complexity index is 1010. The van der Waals surface area contributed by atoms with Gasteiger partial charge in [0.05, 0.1) is 40.3 Å². The summed E-state index contributed by atoms with van der Waals surface area (Å²) in [5.74, 6) is 2.27. The zero-order chi connectivity index (χ0) is 23.3. The van der Waals surface area contributed by atoms with Crippen molar-refractivity contribution in [1.29, 1.82) is 0 Å². The van der Waals surface area contributed by atoms with Crippen LogP contribution in [0.1, 0.15) is 17.5 Å². The molecule has 0 amide bonds. The summed E-state index contributed by atoms with van der Waals surface area (Å²) in [6, 6.07) is 8.77. The van der Waals surface area contributed by atoms with Gasteiger partial charge in [-0.05, 0) is 41.0 Å². The van der Waals surface area contributed by atoms with Crippen molar-refractivity contribution in [2.24, 2.45) is 5.16 Å². The van der Waals surface area contributed by atoms with Gasteiger partial charge in [-0.25, -0.2) is 0 Å². The first-order valence-electron chi connectivity index (χ1n) is 9.76. The maximum Gasteiger partial charge on any atom is 0.203 e. The smallest absolute Gasteiger partial charge is 0.203 e. The summed E-state index contributed by atoms with van der Waals surface area (Å²) in [5.41, 5.74) is 2.76. The quantitative estimate of drug-likeness (QED) is 0.344. The van der Waals surface area contributed by atoms with Gasteiger partial charge >= 0.3 is 0 Å². The molecule has 0 aliphatic heterocycles. The van der Waals surface area contributed by atoms with Gasteiger partial charge in [0.1, 0.15) is 0 Å². The minimum atomic E-state index is -0.904. The van der Waals surface area contributed by atoms with Crippen molar-refractivity contribution in [3.8, 4) is 28.7 Å². The van der Waals surface area contributed by atoms with Crippen LogP contribution in [0.4, 0.5) is 0 Å². The highest BCUT2D eigenvalue weighted by molar-refractivity contribution is 6.34. The largest absolute Gasteiger partial charge is 0.493 e. The fourth-order valence-corrected chi connectivity index (χ4v) is 3.76. The van der Waals surface area contributed by atoms with Crippen LogP contribution in [0.5, 0.6) is 28.7 Å². The van der Waals surface area contributed by atoms with Crippen LogP contribution < -0.4 is 23.7 Å². The molecule has 0 saturated heterocycles. The first kappa shape index (κ1) is 23.2. The maximum atomic E-state index is 10.9. The molecule has 3 rings (SSSR count). The first-order chi connectivity index (χ1) is 15.5. The predicted octanol–water partition coefficient (Wildman–Crippen LogP) is 3.21. The SMILES string of the molecule is COCOc1cc(C2=C(c3cc(OC)c(OC)c(OC)c3)/C(=N/O)CC2O)ccc1OC. The zero-order valence-corrected chi connectivity index (χ0v) is 18.7. The van der Waals surface area contributed by atoms with E-state index in [1.807, 2.05) is 0 Å². The molecule has 172 valence electrons. The standard InChI is InChI=1S/C23H27NO8/c1-27-12-32-18-8-13(6-7-17(18)28-2)22-16(25)11-15(24-26)21(22)14-9-19(29-3)23(31-5)20(10-14)30-4/h6-10,16,25-26H,11-12H2,1-5H3/b24-15+. The lowest BCUT2D eigenvalue weighted by Crippen LogP contribution is -2.06. The summed E-state index contributed by atoms with van der Waals surface area (Å²) in [4.78, 5) is 0. The van der Waals surface area contributed by atoms with Crippen molar-refractivity contribution in [3.05, 3.63) is 41.5 Å². The van der Waals surface area contributed by atoms with Crippen LogP contribution in [0.3, 0.4) is 0 Å². The van der Waals surface area contributed by atoms with E-state index >= 15 is 0 Å². The van der Waals surface area contributed by atoms with Crippen LogP contribution >= 0.6 is 0 Å². The van der Waals surface area contributed by atoms with E-state index in [4.69, 9.17) is 28.4 Å². The molecule has 0 radical (unpaired) electrons. The number of allylic oxidation sites excluding steroid dienone is 1. The van der Waals surface area contributed by atoms with Gasteiger partial charge < -0.3 is 38.7 Å². The molecular formula is C23H27NO8. The van der Waals surface area contributed by atoms with E-state index in [2.05, 4.69) is 5.16 Å². The van der Waals surface area contributed by atoms with Gasteiger partial charge in [-0.15, -0.1) is 0 Å². The molecule has 0 saturated carbocycles. The summed E-state index contributed by atoms with van der Waals surface area (Å²) >= 11 is 0. The van der Waals surface area contributed by atoms with Gasteiger partial charge in [0.2, 0.25) is 5.75 Å². The van der Waals surface area contributed by atoms with Gasteiger partial charge in [0.25, 0.3) is 0 Å². The number of aliphatic hydroxyl groups is 1. The molecule has 9 nitrogen and oxygen atoms in total. The number of methoxy groups -OCH3 is 5.